The molecule has 176 valence electrons. The zero-order valence-electron chi connectivity index (χ0n) is 20.0. The zero-order valence-corrected chi connectivity index (χ0v) is 21.6. The number of benzene rings is 3. The van der Waals surface area contributed by atoms with Gasteiger partial charge < -0.3 is 14.4 Å². The molecule has 1 spiro atoms. The van der Waals surface area contributed by atoms with Crippen molar-refractivity contribution in [2.75, 3.05) is 18.0 Å². The average Bonchev–Trinajstić information content (AvgIpc) is 3.13. The third kappa shape index (κ3) is 3.61. The largest absolute Gasteiger partial charge is 0.456 e. The first-order chi connectivity index (χ1) is 16.5. The van der Waals surface area contributed by atoms with Crippen LogP contribution >= 0.6 is 15.9 Å². The number of esters is 1. The highest BCUT2D eigenvalue weighted by atomic mass is 79.9. The second kappa shape index (κ2) is 9.10. The van der Waals surface area contributed by atoms with Crippen molar-refractivity contribution in [3.63, 3.8) is 0 Å². The molecule has 0 N–H and O–H groups in total. The third-order valence-electron chi connectivity index (χ3n) is 6.90. The van der Waals surface area contributed by atoms with E-state index in [2.05, 4.69) is 52.9 Å². The molecule has 0 aliphatic carbocycles. The van der Waals surface area contributed by atoms with Crippen molar-refractivity contribution in [2.45, 2.75) is 52.1 Å². The van der Waals surface area contributed by atoms with Crippen molar-refractivity contribution in [3.05, 3.63) is 86.9 Å². The number of carbonyl (C=O) groups is 1. The molecule has 3 aromatic rings. The van der Waals surface area contributed by atoms with E-state index in [1.807, 2.05) is 43.3 Å². The zero-order chi connectivity index (χ0) is 23.9. The number of rotatable bonds is 7. The summed E-state index contributed by atoms with van der Waals surface area (Å²) in [6, 6.07) is 18.1. The Morgan fingerprint density at radius 1 is 0.882 bits per heavy atom. The SMILES string of the molecule is CCCCN(CCCC)c1ccc2c(c1)Oc1cc(C)c(Br)cc1C21OC(=O)c2ccccc21. The fourth-order valence-corrected chi connectivity index (χ4v) is 5.39. The highest BCUT2D eigenvalue weighted by Crippen LogP contribution is 2.57. The van der Waals surface area contributed by atoms with Crippen LogP contribution in [0.15, 0.2) is 59.1 Å². The number of hydrogen-bond acceptors (Lipinski definition) is 4. The Morgan fingerprint density at radius 2 is 1.59 bits per heavy atom. The van der Waals surface area contributed by atoms with Gasteiger partial charge in [0.2, 0.25) is 0 Å². The second-order valence-electron chi connectivity index (χ2n) is 9.19. The van der Waals surface area contributed by atoms with Gasteiger partial charge in [-0.2, -0.15) is 0 Å². The molecule has 2 heterocycles. The van der Waals surface area contributed by atoms with Crippen LogP contribution < -0.4 is 9.64 Å². The lowest BCUT2D eigenvalue weighted by Crippen LogP contribution is -2.33. The van der Waals surface area contributed by atoms with Gasteiger partial charge in [-0.05, 0) is 55.7 Å². The number of halogens is 1. The van der Waals surface area contributed by atoms with Crippen molar-refractivity contribution in [1.82, 2.24) is 0 Å². The predicted molar refractivity (Wildman–Crippen MR) is 139 cm³/mol. The smallest absolute Gasteiger partial charge is 0.340 e. The Kier molecular flexibility index (Phi) is 6.15. The minimum Gasteiger partial charge on any atom is -0.456 e. The van der Waals surface area contributed by atoms with Crippen LogP contribution in [0.5, 0.6) is 11.5 Å². The summed E-state index contributed by atoms with van der Waals surface area (Å²) in [4.78, 5) is 15.5. The van der Waals surface area contributed by atoms with Crippen LogP contribution in [0.4, 0.5) is 5.69 Å². The monoisotopic (exact) mass is 519 g/mol. The summed E-state index contributed by atoms with van der Waals surface area (Å²) in [6.45, 7) is 8.52. The Balaban J connectivity index is 1.70. The van der Waals surface area contributed by atoms with E-state index in [0.717, 1.165) is 82.7 Å². The van der Waals surface area contributed by atoms with E-state index in [9.17, 15) is 4.79 Å². The molecule has 0 amide bonds. The number of carbonyl (C=O) groups excluding carboxylic acids is 1. The molecular weight excluding hydrogens is 490 g/mol. The van der Waals surface area contributed by atoms with Crippen molar-refractivity contribution in [2.24, 2.45) is 0 Å². The molecule has 5 heteroatoms. The van der Waals surface area contributed by atoms with Gasteiger partial charge in [-0.3, -0.25) is 0 Å². The summed E-state index contributed by atoms with van der Waals surface area (Å²) >= 11 is 3.68. The van der Waals surface area contributed by atoms with Gasteiger partial charge >= 0.3 is 5.97 Å². The fourth-order valence-electron chi connectivity index (χ4n) is 5.05. The van der Waals surface area contributed by atoms with E-state index in [1.54, 1.807) is 0 Å². The highest BCUT2D eigenvalue weighted by Gasteiger charge is 2.53. The molecule has 3 aromatic carbocycles. The molecule has 34 heavy (non-hydrogen) atoms. The Morgan fingerprint density at radius 3 is 2.32 bits per heavy atom. The van der Waals surface area contributed by atoms with Crippen LogP contribution in [0.2, 0.25) is 0 Å². The first kappa shape index (κ1) is 23.0. The first-order valence-electron chi connectivity index (χ1n) is 12.2. The molecule has 0 radical (unpaired) electrons. The number of ether oxygens (including phenoxy) is 2. The van der Waals surface area contributed by atoms with Gasteiger partial charge in [0.1, 0.15) is 11.5 Å². The number of aryl methyl sites for hydroxylation is 1. The van der Waals surface area contributed by atoms with Crippen molar-refractivity contribution < 1.29 is 14.3 Å². The van der Waals surface area contributed by atoms with Crippen LogP contribution in [0.1, 0.15) is 72.1 Å². The summed E-state index contributed by atoms with van der Waals surface area (Å²) in [6.07, 6.45) is 4.60. The van der Waals surface area contributed by atoms with Gasteiger partial charge in [0, 0.05) is 46.0 Å². The summed E-state index contributed by atoms with van der Waals surface area (Å²) in [5.41, 5.74) is 4.37. The summed E-state index contributed by atoms with van der Waals surface area (Å²) in [5, 5.41) is 0. The molecule has 2 aliphatic heterocycles. The van der Waals surface area contributed by atoms with Crippen molar-refractivity contribution >= 4 is 27.6 Å². The Bertz CT molecular complexity index is 1250. The average molecular weight is 520 g/mol. The second-order valence-corrected chi connectivity index (χ2v) is 10.0. The van der Waals surface area contributed by atoms with Crippen LogP contribution in [-0.2, 0) is 10.3 Å². The summed E-state index contributed by atoms with van der Waals surface area (Å²) < 4.78 is 13.8. The molecule has 1 unspecified atom stereocenters. The molecular formula is C29H30BrNO3. The Hall–Kier alpha value is -2.79. The molecule has 0 aromatic heterocycles. The quantitative estimate of drug-likeness (QED) is 0.299. The number of unbranched alkanes of at least 4 members (excludes halogenated alkanes) is 2. The number of anilines is 1. The lowest BCUT2D eigenvalue weighted by molar-refractivity contribution is 0.0224. The molecule has 4 nitrogen and oxygen atoms in total. The summed E-state index contributed by atoms with van der Waals surface area (Å²) in [5.74, 6) is 1.17. The molecule has 1 atom stereocenters. The van der Waals surface area contributed by atoms with Gasteiger partial charge in [-0.1, -0.05) is 60.8 Å². The first-order valence-corrected chi connectivity index (χ1v) is 13.0. The normalized spacial score (nSPS) is 17.6. The number of hydrogen-bond donors (Lipinski definition) is 0. The maximum atomic E-state index is 13.0. The maximum absolute atomic E-state index is 13.0. The van der Waals surface area contributed by atoms with Gasteiger partial charge in [0.05, 0.1) is 5.56 Å². The van der Waals surface area contributed by atoms with E-state index in [4.69, 9.17) is 9.47 Å². The van der Waals surface area contributed by atoms with Gasteiger partial charge in [-0.25, -0.2) is 4.79 Å². The molecule has 0 saturated carbocycles. The van der Waals surface area contributed by atoms with Crippen LogP contribution in [-0.4, -0.2) is 19.1 Å². The van der Waals surface area contributed by atoms with Gasteiger partial charge in [0.25, 0.3) is 0 Å². The molecule has 5 rings (SSSR count). The predicted octanol–water partition coefficient (Wildman–Crippen LogP) is 7.73. The van der Waals surface area contributed by atoms with E-state index >= 15 is 0 Å². The topological polar surface area (TPSA) is 38.8 Å². The minimum atomic E-state index is -1.02. The lowest BCUT2D eigenvalue weighted by atomic mass is 9.77. The highest BCUT2D eigenvalue weighted by molar-refractivity contribution is 9.10. The lowest BCUT2D eigenvalue weighted by Gasteiger charge is -2.37. The van der Waals surface area contributed by atoms with E-state index in [-0.39, 0.29) is 5.97 Å². The third-order valence-corrected chi connectivity index (χ3v) is 7.76. The van der Waals surface area contributed by atoms with E-state index < -0.39 is 5.60 Å². The van der Waals surface area contributed by atoms with Gasteiger partial charge in [-0.15, -0.1) is 0 Å². The van der Waals surface area contributed by atoms with E-state index in [0.29, 0.717) is 5.56 Å². The van der Waals surface area contributed by atoms with Crippen molar-refractivity contribution in [1.29, 1.82) is 0 Å². The maximum Gasteiger partial charge on any atom is 0.340 e. The van der Waals surface area contributed by atoms with E-state index in [1.165, 1.54) is 0 Å². The Labute approximate surface area is 210 Å². The van der Waals surface area contributed by atoms with Crippen LogP contribution in [0.25, 0.3) is 0 Å². The summed E-state index contributed by atoms with van der Waals surface area (Å²) in [7, 11) is 0. The van der Waals surface area contributed by atoms with Gasteiger partial charge in [0.15, 0.2) is 5.60 Å². The van der Waals surface area contributed by atoms with Crippen molar-refractivity contribution in [3.8, 4) is 11.5 Å². The molecule has 2 aliphatic rings. The molecule has 0 saturated heterocycles. The minimum absolute atomic E-state index is 0.303. The van der Waals surface area contributed by atoms with Crippen LogP contribution in [0, 0.1) is 6.92 Å². The number of nitrogens with zero attached hydrogens (tertiary/aromatic N) is 1. The number of fused-ring (bicyclic) bond motifs is 6. The molecule has 0 bridgehead atoms. The standard InChI is InChI=1S/C29H30BrNO3/c1-4-6-14-31(15-7-5-2)20-12-13-23-27(17-20)33-26-16-19(3)25(30)18-24(26)29(23)22-11-9-8-10-21(22)28(32)34-29/h8-13,16-18H,4-7,14-15H2,1-3H3. The fraction of sp³-hybridized carbons (Fsp3) is 0.345. The molecule has 0 fully saturated rings. The van der Waals surface area contributed by atoms with Crippen LogP contribution in [0.3, 0.4) is 0 Å².